The van der Waals surface area contributed by atoms with Crippen LogP contribution in [0.2, 0.25) is 0 Å². The first kappa shape index (κ1) is 19.7. The number of hydrogen-bond acceptors (Lipinski definition) is 7. The van der Waals surface area contributed by atoms with Crippen molar-refractivity contribution in [3.63, 3.8) is 0 Å². The van der Waals surface area contributed by atoms with Crippen LogP contribution in [0.5, 0.6) is 0 Å². The van der Waals surface area contributed by atoms with E-state index < -0.39 is 10.0 Å². The minimum Gasteiger partial charge on any atom is -0.430 e. The number of fused-ring (bicyclic) bond motifs is 1. The highest BCUT2D eigenvalue weighted by atomic mass is 32.2. The molecule has 158 valence electrons. The third kappa shape index (κ3) is 3.89. The molecule has 3 heterocycles. The fourth-order valence-electron chi connectivity index (χ4n) is 3.68. The molecule has 0 N–H and O–H groups in total. The van der Waals surface area contributed by atoms with Gasteiger partial charge in [-0.15, -0.1) is 0 Å². The van der Waals surface area contributed by atoms with E-state index in [2.05, 4.69) is 9.97 Å². The Morgan fingerprint density at radius 3 is 2.03 bits per heavy atom. The first-order valence-corrected chi connectivity index (χ1v) is 11.8. The second-order valence-electron chi connectivity index (χ2n) is 7.42. The van der Waals surface area contributed by atoms with Crippen LogP contribution in [0.1, 0.15) is 0 Å². The number of piperazine rings is 1. The Morgan fingerprint density at radius 2 is 1.42 bits per heavy atom. The van der Waals surface area contributed by atoms with Crippen LogP contribution in [0.3, 0.4) is 0 Å². The minimum atomic E-state index is -3.22. The van der Waals surface area contributed by atoms with E-state index in [1.165, 1.54) is 10.6 Å². The first-order chi connectivity index (χ1) is 15.0. The van der Waals surface area contributed by atoms with Gasteiger partial charge in [0.15, 0.2) is 11.6 Å². The number of sulfonamides is 1. The van der Waals surface area contributed by atoms with E-state index >= 15 is 0 Å². The number of rotatable bonds is 4. The summed E-state index contributed by atoms with van der Waals surface area (Å²) in [6, 6.07) is 19.4. The summed E-state index contributed by atoms with van der Waals surface area (Å²) in [5.74, 6) is 1.67. The first-order valence-electron chi connectivity index (χ1n) is 9.98. The second kappa shape index (κ2) is 7.75. The summed E-state index contributed by atoms with van der Waals surface area (Å²) in [4.78, 5) is 16.1. The van der Waals surface area contributed by atoms with Crippen LogP contribution in [0.4, 0.5) is 5.82 Å². The molecule has 0 spiro atoms. The zero-order chi connectivity index (χ0) is 21.4. The highest BCUT2D eigenvalue weighted by Gasteiger charge is 2.27. The van der Waals surface area contributed by atoms with Gasteiger partial charge >= 0.3 is 0 Å². The molecule has 5 rings (SSSR count). The average molecular weight is 436 g/mol. The van der Waals surface area contributed by atoms with Gasteiger partial charge in [-0.3, -0.25) is 0 Å². The lowest BCUT2D eigenvalue weighted by molar-refractivity contribution is 0.387. The van der Waals surface area contributed by atoms with Crippen LogP contribution in [-0.2, 0) is 10.0 Å². The Balaban J connectivity index is 1.60. The smallest absolute Gasteiger partial charge is 0.229 e. The Labute approximate surface area is 180 Å². The molecule has 8 nitrogen and oxygen atoms in total. The normalized spacial score (nSPS) is 15.5. The predicted octanol–water partition coefficient (Wildman–Crippen LogP) is 3.03. The summed E-state index contributed by atoms with van der Waals surface area (Å²) >= 11 is 0. The molecule has 2 aromatic heterocycles. The van der Waals surface area contributed by atoms with E-state index in [4.69, 9.17) is 9.40 Å². The third-order valence-corrected chi connectivity index (χ3v) is 6.60. The highest BCUT2D eigenvalue weighted by Crippen LogP contribution is 2.32. The molecule has 1 aliphatic rings. The Hall–Kier alpha value is -3.30. The van der Waals surface area contributed by atoms with E-state index in [1.54, 1.807) is 0 Å². The van der Waals surface area contributed by atoms with Crippen LogP contribution in [0.15, 0.2) is 65.1 Å². The highest BCUT2D eigenvalue weighted by molar-refractivity contribution is 7.88. The van der Waals surface area contributed by atoms with Crippen molar-refractivity contribution < 1.29 is 12.8 Å². The van der Waals surface area contributed by atoms with Crippen LogP contribution in [0, 0.1) is 0 Å². The molecule has 1 aliphatic heterocycles. The summed E-state index contributed by atoms with van der Waals surface area (Å²) < 4.78 is 31.4. The van der Waals surface area contributed by atoms with Gasteiger partial charge < -0.3 is 9.32 Å². The fraction of sp³-hybridized carbons (Fsp3) is 0.227. The van der Waals surface area contributed by atoms with Crippen molar-refractivity contribution in [3.05, 3.63) is 60.7 Å². The quantitative estimate of drug-likeness (QED) is 0.486. The molecule has 0 amide bonds. The maximum absolute atomic E-state index is 11.9. The standard InChI is InChI=1S/C22H21N5O3S/c1-31(28,29)27-14-12-26(13-15-27)21-18-20(23-19(24-21)16-8-4-2-5-9-16)25-22(30-18)17-10-6-3-7-11-17/h2-11H,12-15H2,1H3. The van der Waals surface area contributed by atoms with Crippen molar-refractivity contribution in [3.8, 4) is 22.8 Å². The zero-order valence-corrected chi connectivity index (χ0v) is 17.8. The Bertz CT molecular complexity index is 1320. The molecule has 0 radical (unpaired) electrons. The molecule has 4 aromatic rings. The van der Waals surface area contributed by atoms with E-state index in [0.717, 1.165) is 11.1 Å². The molecule has 1 fully saturated rings. The average Bonchev–Trinajstić information content (AvgIpc) is 3.23. The van der Waals surface area contributed by atoms with Crippen molar-refractivity contribution in [1.82, 2.24) is 19.3 Å². The van der Waals surface area contributed by atoms with Gasteiger partial charge in [-0.25, -0.2) is 18.4 Å². The van der Waals surface area contributed by atoms with Gasteiger partial charge in [0.05, 0.1) is 6.26 Å². The second-order valence-corrected chi connectivity index (χ2v) is 9.41. The molecule has 1 saturated heterocycles. The largest absolute Gasteiger partial charge is 0.430 e. The summed E-state index contributed by atoms with van der Waals surface area (Å²) in [5, 5.41) is 0. The molecule has 0 unspecified atom stereocenters. The number of aromatic nitrogens is 3. The Morgan fingerprint density at radius 1 is 0.806 bits per heavy atom. The number of benzene rings is 2. The fourth-order valence-corrected chi connectivity index (χ4v) is 4.50. The number of oxazole rings is 1. The molecule has 9 heteroatoms. The number of anilines is 1. The van der Waals surface area contributed by atoms with E-state index in [1.807, 2.05) is 65.6 Å². The van der Waals surface area contributed by atoms with Crippen LogP contribution in [-0.4, -0.2) is 60.1 Å². The predicted molar refractivity (Wildman–Crippen MR) is 119 cm³/mol. The molecule has 0 aliphatic carbocycles. The lowest BCUT2D eigenvalue weighted by atomic mass is 10.2. The van der Waals surface area contributed by atoms with Crippen molar-refractivity contribution in [2.24, 2.45) is 0 Å². The van der Waals surface area contributed by atoms with Gasteiger partial charge in [0.1, 0.15) is 0 Å². The van der Waals surface area contributed by atoms with Gasteiger partial charge in [-0.2, -0.15) is 9.29 Å². The van der Waals surface area contributed by atoms with E-state index in [9.17, 15) is 8.42 Å². The lowest BCUT2D eigenvalue weighted by Crippen LogP contribution is -2.48. The summed E-state index contributed by atoms with van der Waals surface area (Å²) in [7, 11) is -3.22. The summed E-state index contributed by atoms with van der Waals surface area (Å²) in [6.45, 7) is 1.80. The lowest BCUT2D eigenvalue weighted by Gasteiger charge is -2.33. The van der Waals surface area contributed by atoms with Gasteiger partial charge in [0, 0.05) is 37.3 Å². The van der Waals surface area contributed by atoms with Crippen LogP contribution < -0.4 is 4.90 Å². The maximum atomic E-state index is 11.9. The third-order valence-electron chi connectivity index (χ3n) is 5.30. The molecule has 2 aromatic carbocycles. The molecule has 31 heavy (non-hydrogen) atoms. The molecular weight excluding hydrogens is 414 g/mol. The van der Waals surface area contributed by atoms with E-state index in [-0.39, 0.29) is 0 Å². The number of nitrogens with zero attached hydrogens (tertiary/aromatic N) is 5. The van der Waals surface area contributed by atoms with E-state index in [0.29, 0.717) is 54.9 Å². The van der Waals surface area contributed by atoms with Crippen molar-refractivity contribution in [2.75, 3.05) is 37.3 Å². The van der Waals surface area contributed by atoms with Crippen molar-refractivity contribution in [2.45, 2.75) is 0 Å². The summed E-state index contributed by atoms with van der Waals surface area (Å²) in [5.41, 5.74) is 2.72. The monoisotopic (exact) mass is 435 g/mol. The van der Waals surface area contributed by atoms with Crippen LogP contribution >= 0.6 is 0 Å². The van der Waals surface area contributed by atoms with Gasteiger partial charge in [-0.05, 0) is 12.1 Å². The molecular formula is C22H21N5O3S. The Kier molecular flexibility index (Phi) is 4.91. The minimum absolute atomic E-state index is 0.394. The molecule has 0 bridgehead atoms. The zero-order valence-electron chi connectivity index (χ0n) is 17.0. The molecule has 0 saturated carbocycles. The van der Waals surface area contributed by atoms with Gasteiger partial charge in [-0.1, -0.05) is 48.5 Å². The number of hydrogen-bond donors (Lipinski definition) is 0. The van der Waals surface area contributed by atoms with Crippen molar-refractivity contribution >= 4 is 27.1 Å². The molecule has 0 atom stereocenters. The topological polar surface area (TPSA) is 92.4 Å². The van der Waals surface area contributed by atoms with Gasteiger partial charge in [0.25, 0.3) is 0 Å². The maximum Gasteiger partial charge on any atom is 0.229 e. The van der Waals surface area contributed by atoms with Crippen LogP contribution in [0.25, 0.3) is 34.1 Å². The summed E-state index contributed by atoms with van der Waals surface area (Å²) in [6.07, 6.45) is 1.24. The van der Waals surface area contributed by atoms with Crippen molar-refractivity contribution in [1.29, 1.82) is 0 Å². The SMILES string of the molecule is CS(=O)(=O)N1CCN(c2nc(-c3ccccc3)nc3nc(-c4ccccc4)oc23)CC1. The van der Waals surface area contributed by atoms with Gasteiger partial charge in [0.2, 0.25) is 27.1 Å².